The Morgan fingerprint density at radius 1 is 1.14 bits per heavy atom. The van der Waals surface area contributed by atoms with E-state index < -0.39 is 35.3 Å². The zero-order chi connectivity index (χ0) is 15.4. The predicted octanol–water partition coefficient (Wildman–Crippen LogP) is 2.25. The van der Waals surface area contributed by atoms with E-state index in [2.05, 4.69) is 5.32 Å². The Bertz CT molecular complexity index is 586. The molecule has 0 fully saturated rings. The number of carboxylic acid groups (broad SMARTS) is 1. The number of aliphatic carboxylic acids is 1. The summed E-state index contributed by atoms with van der Waals surface area (Å²) < 4.78 is 25.8. The van der Waals surface area contributed by atoms with E-state index in [1.807, 2.05) is 0 Å². The Morgan fingerprint density at radius 3 is 2.43 bits per heavy atom. The summed E-state index contributed by atoms with van der Waals surface area (Å²) >= 11 is 0. The molecule has 21 heavy (non-hydrogen) atoms. The SMILES string of the molecule is O=C(O)[C@H]1CC=CC[C@H]1C(=O)NCc1ccc(F)c(F)c1. The second kappa shape index (κ2) is 6.47. The van der Waals surface area contributed by atoms with Crippen LogP contribution in [0, 0.1) is 23.5 Å². The van der Waals surface area contributed by atoms with Crippen molar-refractivity contribution in [2.45, 2.75) is 19.4 Å². The van der Waals surface area contributed by atoms with E-state index >= 15 is 0 Å². The minimum atomic E-state index is -1.01. The number of hydrogen-bond donors (Lipinski definition) is 2. The minimum absolute atomic E-state index is 0.0303. The van der Waals surface area contributed by atoms with Gasteiger partial charge in [-0.05, 0) is 30.5 Å². The summed E-state index contributed by atoms with van der Waals surface area (Å²) in [4.78, 5) is 23.2. The third-order valence-electron chi connectivity index (χ3n) is 3.54. The first-order chi connectivity index (χ1) is 9.99. The number of amides is 1. The molecule has 0 radical (unpaired) electrons. The second-order valence-electron chi connectivity index (χ2n) is 4.96. The molecule has 0 spiro atoms. The lowest BCUT2D eigenvalue weighted by Crippen LogP contribution is -2.38. The number of benzene rings is 1. The fraction of sp³-hybridized carbons (Fsp3) is 0.333. The minimum Gasteiger partial charge on any atom is -0.481 e. The molecule has 2 N–H and O–H groups in total. The van der Waals surface area contributed by atoms with Gasteiger partial charge in [0.2, 0.25) is 5.91 Å². The Morgan fingerprint density at radius 2 is 1.81 bits per heavy atom. The lowest BCUT2D eigenvalue weighted by Gasteiger charge is -2.24. The summed E-state index contributed by atoms with van der Waals surface area (Å²) in [5.41, 5.74) is 0.417. The van der Waals surface area contributed by atoms with E-state index in [-0.39, 0.29) is 6.54 Å². The quantitative estimate of drug-likeness (QED) is 0.837. The Kier molecular flexibility index (Phi) is 4.67. The van der Waals surface area contributed by atoms with Gasteiger partial charge in [-0.2, -0.15) is 0 Å². The Balaban J connectivity index is 1.99. The lowest BCUT2D eigenvalue weighted by atomic mass is 9.82. The van der Waals surface area contributed by atoms with Crippen molar-refractivity contribution in [2.75, 3.05) is 0 Å². The zero-order valence-electron chi connectivity index (χ0n) is 11.2. The molecule has 1 aliphatic rings. The first-order valence-corrected chi connectivity index (χ1v) is 6.58. The van der Waals surface area contributed by atoms with Crippen LogP contribution in [0.1, 0.15) is 18.4 Å². The van der Waals surface area contributed by atoms with Crippen molar-refractivity contribution in [1.29, 1.82) is 0 Å². The molecule has 0 aromatic heterocycles. The van der Waals surface area contributed by atoms with E-state index in [0.29, 0.717) is 18.4 Å². The van der Waals surface area contributed by atoms with Crippen LogP contribution in [0.25, 0.3) is 0 Å². The maximum Gasteiger partial charge on any atom is 0.307 e. The molecular formula is C15H15F2NO3. The molecule has 0 unspecified atom stereocenters. The normalized spacial score (nSPS) is 21.0. The molecule has 0 aliphatic heterocycles. The average Bonchev–Trinajstić information content (AvgIpc) is 2.48. The molecule has 0 saturated heterocycles. The molecule has 1 aromatic rings. The molecule has 0 bridgehead atoms. The van der Waals surface area contributed by atoms with E-state index in [0.717, 1.165) is 12.1 Å². The van der Waals surface area contributed by atoms with Gasteiger partial charge in [0, 0.05) is 6.54 Å². The number of carbonyl (C=O) groups excluding carboxylic acids is 1. The average molecular weight is 295 g/mol. The summed E-state index contributed by atoms with van der Waals surface area (Å²) in [7, 11) is 0. The van der Waals surface area contributed by atoms with Crippen LogP contribution in [0.15, 0.2) is 30.4 Å². The van der Waals surface area contributed by atoms with Crippen molar-refractivity contribution in [3.8, 4) is 0 Å². The molecule has 4 nitrogen and oxygen atoms in total. The smallest absolute Gasteiger partial charge is 0.307 e. The van der Waals surface area contributed by atoms with Gasteiger partial charge in [-0.15, -0.1) is 0 Å². The molecule has 1 aliphatic carbocycles. The number of nitrogens with one attached hydrogen (secondary N) is 1. The van der Waals surface area contributed by atoms with Crippen molar-refractivity contribution in [3.63, 3.8) is 0 Å². The molecule has 0 saturated carbocycles. The summed E-state index contributed by atoms with van der Waals surface area (Å²) in [6.45, 7) is 0.0303. The van der Waals surface area contributed by atoms with Gasteiger partial charge in [-0.25, -0.2) is 8.78 Å². The van der Waals surface area contributed by atoms with Gasteiger partial charge in [0.1, 0.15) is 0 Å². The van der Waals surface area contributed by atoms with Crippen LogP contribution in [-0.4, -0.2) is 17.0 Å². The van der Waals surface area contributed by atoms with Crippen LogP contribution in [-0.2, 0) is 16.1 Å². The van der Waals surface area contributed by atoms with Crippen molar-refractivity contribution in [2.24, 2.45) is 11.8 Å². The van der Waals surface area contributed by atoms with Crippen LogP contribution in [0.4, 0.5) is 8.78 Å². The largest absolute Gasteiger partial charge is 0.481 e. The van der Waals surface area contributed by atoms with Gasteiger partial charge >= 0.3 is 5.97 Å². The second-order valence-corrected chi connectivity index (χ2v) is 4.96. The third kappa shape index (κ3) is 3.65. The van der Waals surface area contributed by atoms with Crippen LogP contribution < -0.4 is 5.32 Å². The van der Waals surface area contributed by atoms with Crippen molar-refractivity contribution in [1.82, 2.24) is 5.32 Å². The first-order valence-electron chi connectivity index (χ1n) is 6.58. The van der Waals surface area contributed by atoms with Gasteiger partial charge in [0.05, 0.1) is 11.8 Å². The molecule has 0 heterocycles. The Labute approximate surface area is 120 Å². The van der Waals surface area contributed by atoms with E-state index in [9.17, 15) is 18.4 Å². The van der Waals surface area contributed by atoms with E-state index in [1.165, 1.54) is 6.07 Å². The number of carboxylic acids is 1. The summed E-state index contributed by atoms with van der Waals surface area (Å²) in [6, 6.07) is 3.36. The highest BCUT2D eigenvalue weighted by Crippen LogP contribution is 2.26. The number of hydrogen-bond acceptors (Lipinski definition) is 2. The van der Waals surface area contributed by atoms with Gasteiger partial charge in [0.25, 0.3) is 0 Å². The summed E-state index contributed by atoms with van der Waals surface area (Å²) in [6.07, 6.45) is 4.21. The number of carbonyl (C=O) groups is 2. The monoisotopic (exact) mass is 295 g/mol. The highest BCUT2D eigenvalue weighted by molar-refractivity contribution is 5.85. The fourth-order valence-electron chi connectivity index (χ4n) is 2.35. The van der Waals surface area contributed by atoms with Crippen molar-refractivity contribution in [3.05, 3.63) is 47.5 Å². The zero-order valence-corrected chi connectivity index (χ0v) is 11.2. The first kappa shape index (κ1) is 15.2. The van der Waals surface area contributed by atoms with Gasteiger partial charge < -0.3 is 10.4 Å². The van der Waals surface area contributed by atoms with Crippen LogP contribution in [0.3, 0.4) is 0 Å². The standard InChI is InChI=1S/C15H15F2NO3/c16-12-6-5-9(7-13(12)17)8-18-14(19)10-3-1-2-4-11(10)15(20)21/h1-2,5-7,10-11H,3-4,8H2,(H,18,19)(H,20,21)/t10-,11+/m1/s1. The highest BCUT2D eigenvalue weighted by Gasteiger charge is 2.33. The maximum absolute atomic E-state index is 13.1. The summed E-state index contributed by atoms with van der Waals surface area (Å²) in [5.74, 6) is -4.72. The van der Waals surface area contributed by atoms with Crippen molar-refractivity contribution >= 4 is 11.9 Å². The van der Waals surface area contributed by atoms with Gasteiger partial charge in [-0.1, -0.05) is 18.2 Å². The lowest BCUT2D eigenvalue weighted by molar-refractivity contribution is -0.147. The van der Waals surface area contributed by atoms with Crippen LogP contribution in [0.5, 0.6) is 0 Å². The van der Waals surface area contributed by atoms with E-state index in [4.69, 9.17) is 5.11 Å². The summed E-state index contributed by atoms with van der Waals surface area (Å²) in [5, 5.41) is 11.7. The van der Waals surface area contributed by atoms with Crippen molar-refractivity contribution < 1.29 is 23.5 Å². The van der Waals surface area contributed by atoms with Crippen LogP contribution in [0.2, 0.25) is 0 Å². The molecule has 112 valence electrons. The fourth-order valence-corrected chi connectivity index (χ4v) is 2.35. The molecular weight excluding hydrogens is 280 g/mol. The van der Waals surface area contributed by atoms with Gasteiger partial charge in [0.15, 0.2) is 11.6 Å². The third-order valence-corrected chi connectivity index (χ3v) is 3.54. The number of rotatable bonds is 4. The molecule has 2 atom stereocenters. The molecule has 2 rings (SSSR count). The molecule has 1 aromatic carbocycles. The van der Waals surface area contributed by atoms with E-state index in [1.54, 1.807) is 12.2 Å². The highest BCUT2D eigenvalue weighted by atomic mass is 19.2. The molecule has 6 heteroatoms. The predicted molar refractivity (Wildman–Crippen MR) is 71.2 cm³/mol. The topological polar surface area (TPSA) is 66.4 Å². The number of halogens is 2. The Hall–Kier alpha value is -2.24. The molecule has 1 amide bonds. The maximum atomic E-state index is 13.1. The van der Waals surface area contributed by atoms with Crippen LogP contribution >= 0.6 is 0 Å². The van der Waals surface area contributed by atoms with Gasteiger partial charge in [-0.3, -0.25) is 9.59 Å². The number of allylic oxidation sites excluding steroid dienone is 2.